The number of nitrogen functional groups attached to an aromatic ring is 1. The van der Waals surface area contributed by atoms with Crippen LogP contribution in [0.25, 0.3) is 10.9 Å². The highest BCUT2D eigenvalue weighted by atomic mass is 16.5. The number of rotatable bonds is 6. The Morgan fingerprint density at radius 2 is 2.19 bits per heavy atom. The Bertz CT molecular complexity index is 652. The number of aromatic nitrogens is 2. The average molecular weight is 291 g/mol. The molecule has 8 heteroatoms. The molecule has 21 heavy (non-hydrogen) atoms. The van der Waals surface area contributed by atoms with Crippen LogP contribution in [-0.4, -0.2) is 48.8 Å². The Hall–Kier alpha value is -2.61. The number of H-pyrrole nitrogens is 1. The van der Waals surface area contributed by atoms with E-state index in [1.807, 2.05) is 0 Å². The highest BCUT2D eigenvalue weighted by Gasteiger charge is 2.15. The van der Waals surface area contributed by atoms with Gasteiger partial charge in [0.25, 0.3) is 5.91 Å². The molecular weight excluding hydrogens is 274 g/mol. The average Bonchev–Trinajstić information content (AvgIpc) is 2.88. The van der Waals surface area contributed by atoms with E-state index in [9.17, 15) is 9.59 Å². The molecule has 2 aromatic rings. The summed E-state index contributed by atoms with van der Waals surface area (Å²) in [5.41, 5.74) is 7.15. The van der Waals surface area contributed by atoms with Crippen molar-refractivity contribution in [3.05, 3.63) is 23.9 Å². The Labute approximate surface area is 121 Å². The zero-order chi connectivity index (χ0) is 15.2. The van der Waals surface area contributed by atoms with Crippen molar-refractivity contribution in [2.75, 3.05) is 32.5 Å². The monoisotopic (exact) mass is 291 g/mol. The molecule has 0 fully saturated rings. The van der Waals surface area contributed by atoms with Crippen molar-refractivity contribution in [2.45, 2.75) is 0 Å². The third kappa shape index (κ3) is 3.69. The van der Waals surface area contributed by atoms with Crippen LogP contribution in [-0.2, 0) is 9.53 Å². The largest absolute Gasteiger partial charge is 0.399 e. The Kier molecular flexibility index (Phi) is 4.72. The lowest BCUT2D eigenvalue weighted by Crippen LogP contribution is -2.38. The number of nitrogens with one attached hydrogen (secondary N) is 3. The molecule has 0 aliphatic rings. The fourth-order valence-electron chi connectivity index (χ4n) is 1.80. The Balaban J connectivity index is 1.96. The molecule has 1 aromatic carbocycles. The van der Waals surface area contributed by atoms with Gasteiger partial charge in [-0.25, -0.2) is 0 Å². The summed E-state index contributed by atoms with van der Waals surface area (Å²) in [4.78, 5) is 23.5. The minimum absolute atomic E-state index is 0.126. The van der Waals surface area contributed by atoms with E-state index in [0.29, 0.717) is 29.7 Å². The van der Waals surface area contributed by atoms with Gasteiger partial charge in [-0.05, 0) is 18.2 Å². The predicted octanol–water partition coefficient (Wildman–Crippen LogP) is -0.362. The van der Waals surface area contributed by atoms with Gasteiger partial charge in [0.05, 0.1) is 18.7 Å². The molecule has 5 N–H and O–H groups in total. The molecule has 0 spiro atoms. The molecule has 2 amide bonds. The molecule has 0 radical (unpaired) electrons. The number of amides is 2. The van der Waals surface area contributed by atoms with Gasteiger partial charge in [0.2, 0.25) is 5.91 Å². The van der Waals surface area contributed by atoms with Gasteiger partial charge >= 0.3 is 0 Å². The highest BCUT2D eigenvalue weighted by Crippen LogP contribution is 2.18. The second-order valence-corrected chi connectivity index (χ2v) is 4.40. The number of hydrogen-bond donors (Lipinski definition) is 4. The number of hydrogen-bond acceptors (Lipinski definition) is 5. The number of benzene rings is 1. The van der Waals surface area contributed by atoms with Gasteiger partial charge in [-0.3, -0.25) is 14.7 Å². The zero-order valence-electron chi connectivity index (χ0n) is 11.6. The van der Waals surface area contributed by atoms with Crippen molar-refractivity contribution in [2.24, 2.45) is 0 Å². The first-order valence-electron chi connectivity index (χ1n) is 6.39. The van der Waals surface area contributed by atoms with Gasteiger partial charge in [0.1, 0.15) is 0 Å². The molecule has 0 aliphatic carbocycles. The normalized spacial score (nSPS) is 10.5. The number of ether oxygens (including phenoxy) is 1. The summed E-state index contributed by atoms with van der Waals surface area (Å²) in [7, 11) is 1.54. The minimum Gasteiger partial charge on any atom is -0.399 e. The minimum atomic E-state index is -0.436. The van der Waals surface area contributed by atoms with E-state index in [-0.39, 0.29) is 18.1 Å². The first kappa shape index (κ1) is 14.8. The van der Waals surface area contributed by atoms with E-state index in [2.05, 4.69) is 20.8 Å². The molecule has 0 aliphatic heterocycles. The number of carbonyl (C=O) groups is 2. The molecule has 1 heterocycles. The van der Waals surface area contributed by atoms with E-state index in [0.717, 1.165) is 0 Å². The van der Waals surface area contributed by atoms with E-state index in [1.54, 1.807) is 25.3 Å². The van der Waals surface area contributed by atoms with Crippen molar-refractivity contribution in [1.29, 1.82) is 0 Å². The van der Waals surface area contributed by atoms with Crippen LogP contribution in [0.1, 0.15) is 10.5 Å². The second kappa shape index (κ2) is 6.71. The summed E-state index contributed by atoms with van der Waals surface area (Å²) in [5.74, 6) is -0.728. The van der Waals surface area contributed by atoms with Crippen LogP contribution in [0.2, 0.25) is 0 Å². The molecule has 8 nitrogen and oxygen atoms in total. The maximum absolute atomic E-state index is 12.0. The van der Waals surface area contributed by atoms with Crippen LogP contribution < -0.4 is 16.4 Å². The number of anilines is 1. The lowest BCUT2D eigenvalue weighted by molar-refractivity contribution is -0.120. The van der Waals surface area contributed by atoms with Crippen molar-refractivity contribution in [3.63, 3.8) is 0 Å². The van der Waals surface area contributed by atoms with Gasteiger partial charge in [-0.15, -0.1) is 0 Å². The maximum Gasteiger partial charge on any atom is 0.272 e. The Morgan fingerprint density at radius 1 is 1.38 bits per heavy atom. The number of nitrogens with two attached hydrogens (primary N) is 1. The summed E-state index contributed by atoms with van der Waals surface area (Å²) in [6.07, 6.45) is 0. The van der Waals surface area contributed by atoms with Gasteiger partial charge in [-0.1, -0.05) is 0 Å². The second-order valence-electron chi connectivity index (χ2n) is 4.40. The number of carbonyl (C=O) groups excluding carboxylic acids is 2. The SMILES string of the molecule is COCCNC(=O)CNC(=O)c1n[nH]c2ccc(N)cc12. The van der Waals surface area contributed by atoms with E-state index >= 15 is 0 Å². The molecule has 0 unspecified atom stereocenters. The van der Waals surface area contributed by atoms with Crippen LogP contribution in [0.4, 0.5) is 5.69 Å². The molecule has 1 aromatic heterocycles. The van der Waals surface area contributed by atoms with Crippen molar-refractivity contribution >= 4 is 28.4 Å². The summed E-state index contributed by atoms with van der Waals surface area (Å²) in [6.45, 7) is 0.690. The van der Waals surface area contributed by atoms with E-state index in [4.69, 9.17) is 10.5 Å². The lowest BCUT2D eigenvalue weighted by atomic mass is 10.2. The first-order valence-corrected chi connectivity index (χ1v) is 6.39. The van der Waals surface area contributed by atoms with Crippen LogP contribution in [0.3, 0.4) is 0 Å². The first-order chi connectivity index (χ1) is 10.1. The third-order valence-electron chi connectivity index (χ3n) is 2.84. The fraction of sp³-hybridized carbons (Fsp3) is 0.308. The number of aromatic amines is 1. The quantitative estimate of drug-likeness (QED) is 0.427. The molecular formula is C13H17N5O3. The van der Waals surface area contributed by atoms with Crippen LogP contribution in [0.15, 0.2) is 18.2 Å². The van der Waals surface area contributed by atoms with Gasteiger partial charge < -0.3 is 21.1 Å². The van der Waals surface area contributed by atoms with Crippen LogP contribution in [0.5, 0.6) is 0 Å². The van der Waals surface area contributed by atoms with Crippen LogP contribution in [0, 0.1) is 0 Å². The molecule has 2 rings (SSSR count). The zero-order valence-corrected chi connectivity index (χ0v) is 11.6. The summed E-state index contributed by atoms with van der Waals surface area (Å²) in [6, 6.07) is 5.11. The standard InChI is InChI=1S/C13H17N5O3/c1-21-5-4-15-11(19)7-16-13(20)12-9-6-8(14)2-3-10(9)17-18-12/h2-3,6H,4-5,7,14H2,1H3,(H,15,19)(H,16,20)(H,17,18). The topological polar surface area (TPSA) is 122 Å². The van der Waals surface area contributed by atoms with E-state index < -0.39 is 5.91 Å². The summed E-state index contributed by atoms with van der Waals surface area (Å²) >= 11 is 0. The molecule has 0 atom stereocenters. The summed E-state index contributed by atoms with van der Waals surface area (Å²) < 4.78 is 4.81. The number of nitrogens with zero attached hydrogens (tertiary/aromatic N) is 1. The smallest absolute Gasteiger partial charge is 0.272 e. The fourth-order valence-corrected chi connectivity index (χ4v) is 1.80. The maximum atomic E-state index is 12.0. The molecule has 0 bridgehead atoms. The van der Waals surface area contributed by atoms with Crippen LogP contribution >= 0.6 is 0 Å². The highest BCUT2D eigenvalue weighted by molar-refractivity contribution is 6.06. The third-order valence-corrected chi connectivity index (χ3v) is 2.84. The van der Waals surface area contributed by atoms with Gasteiger partial charge in [0.15, 0.2) is 5.69 Å². The lowest BCUT2D eigenvalue weighted by Gasteiger charge is -2.05. The molecule has 0 saturated heterocycles. The van der Waals surface area contributed by atoms with Crippen molar-refractivity contribution in [3.8, 4) is 0 Å². The molecule has 0 saturated carbocycles. The number of fused-ring (bicyclic) bond motifs is 1. The number of methoxy groups -OCH3 is 1. The predicted molar refractivity (Wildman–Crippen MR) is 77.7 cm³/mol. The summed E-state index contributed by atoms with van der Waals surface area (Å²) in [5, 5.41) is 12.4. The molecule has 112 valence electrons. The van der Waals surface area contributed by atoms with Crippen molar-refractivity contribution < 1.29 is 14.3 Å². The Morgan fingerprint density at radius 3 is 2.95 bits per heavy atom. The van der Waals surface area contributed by atoms with Gasteiger partial charge in [0, 0.05) is 24.7 Å². The van der Waals surface area contributed by atoms with E-state index in [1.165, 1.54) is 0 Å². The van der Waals surface area contributed by atoms with Crippen molar-refractivity contribution in [1.82, 2.24) is 20.8 Å². The van der Waals surface area contributed by atoms with Gasteiger partial charge in [-0.2, -0.15) is 5.10 Å².